The first-order valence-corrected chi connectivity index (χ1v) is 5.93. The Morgan fingerprint density at radius 2 is 1.88 bits per heavy atom. The first-order valence-electron chi connectivity index (χ1n) is 5.93. The van der Waals surface area contributed by atoms with Crippen molar-refractivity contribution in [3.8, 4) is 6.07 Å². The van der Waals surface area contributed by atoms with E-state index >= 15 is 0 Å². The lowest BCUT2D eigenvalue weighted by Gasteiger charge is -2.28. The molecule has 0 saturated heterocycles. The number of nitrogens with zero attached hydrogens (tertiary/aromatic N) is 3. The summed E-state index contributed by atoms with van der Waals surface area (Å²) in [5.41, 5.74) is -0.429. The molecule has 0 fully saturated rings. The first kappa shape index (κ1) is 15.4. The number of likely N-dealkylation sites (N-methyl/N-ethyl adjacent to an activating group) is 2. The third-order valence-corrected chi connectivity index (χ3v) is 2.55. The minimum absolute atomic E-state index is 0.429. The third kappa shape index (κ3) is 6.78. The average Bonchev–Trinajstić information content (AvgIpc) is 2.17. The molecule has 0 saturated carbocycles. The van der Waals surface area contributed by atoms with E-state index in [1.54, 1.807) is 0 Å². The number of hydrogen-bond donors (Lipinski definition) is 1. The maximum Gasteiger partial charge on any atom is 0.116 e. The summed E-state index contributed by atoms with van der Waals surface area (Å²) >= 11 is 0. The topological polar surface area (TPSA) is 42.3 Å². The lowest BCUT2D eigenvalue weighted by Crippen LogP contribution is -2.49. The summed E-state index contributed by atoms with van der Waals surface area (Å²) in [6, 6.07) is 2.35. The Morgan fingerprint density at radius 3 is 2.31 bits per heavy atom. The Kier molecular flexibility index (Phi) is 7.31. The van der Waals surface area contributed by atoms with Gasteiger partial charge in [0.25, 0.3) is 0 Å². The molecule has 0 radical (unpaired) electrons. The maximum absolute atomic E-state index is 9.13. The normalized spacial score (nSPS) is 15.1. The lowest BCUT2D eigenvalue weighted by atomic mass is 10.0. The number of hydrogen-bond acceptors (Lipinski definition) is 4. The molecule has 16 heavy (non-hydrogen) atoms. The summed E-state index contributed by atoms with van der Waals surface area (Å²) in [7, 11) is 6.23. The zero-order valence-electron chi connectivity index (χ0n) is 11.4. The van der Waals surface area contributed by atoms with Gasteiger partial charge in [0.15, 0.2) is 0 Å². The van der Waals surface area contributed by atoms with Crippen LogP contribution in [0.3, 0.4) is 0 Å². The van der Waals surface area contributed by atoms with Crippen molar-refractivity contribution in [2.45, 2.75) is 25.8 Å². The van der Waals surface area contributed by atoms with Gasteiger partial charge in [0, 0.05) is 6.54 Å². The molecule has 0 aliphatic carbocycles. The summed E-state index contributed by atoms with van der Waals surface area (Å²) < 4.78 is 0. The van der Waals surface area contributed by atoms with Crippen molar-refractivity contribution in [2.75, 3.05) is 47.3 Å². The second-order valence-corrected chi connectivity index (χ2v) is 4.87. The Balaban J connectivity index is 3.92. The summed E-state index contributed by atoms with van der Waals surface area (Å²) in [6.07, 6.45) is 1.14. The van der Waals surface area contributed by atoms with Gasteiger partial charge in [-0.2, -0.15) is 5.26 Å². The number of rotatable bonds is 8. The van der Waals surface area contributed by atoms with Gasteiger partial charge < -0.3 is 9.80 Å². The quantitative estimate of drug-likeness (QED) is 0.663. The van der Waals surface area contributed by atoms with Gasteiger partial charge in [0.05, 0.1) is 6.07 Å². The molecule has 0 rings (SSSR count). The van der Waals surface area contributed by atoms with E-state index in [4.69, 9.17) is 5.26 Å². The van der Waals surface area contributed by atoms with Crippen LogP contribution in [0.5, 0.6) is 0 Å². The molecular formula is C12H26N4. The van der Waals surface area contributed by atoms with Crippen LogP contribution in [0, 0.1) is 11.3 Å². The summed E-state index contributed by atoms with van der Waals surface area (Å²) in [5.74, 6) is 0. The fourth-order valence-electron chi connectivity index (χ4n) is 1.80. The van der Waals surface area contributed by atoms with E-state index < -0.39 is 5.54 Å². The molecular weight excluding hydrogens is 200 g/mol. The highest BCUT2D eigenvalue weighted by molar-refractivity contribution is 5.05. The van der Waals surface area contributed by atoms with Crippen molar-refractivity contribution in [1.29, 1.82) is 5.26 Å². The van der Waals surface area contributed by atoms with E-state index in [1.165, 1.54) is 0 Å². The summed E-state index contributed by atoms with van der Waals surface area (Å²) in [6.45, 7) is 7.70. The van der Waals surface area contributed by atoms with Crippen LogP contribution in [-0.4, -0.2) is 62.7 Å². The molecule has 0 aliphatic rings. The molecule has 0 amide bonds. The molecule has 0 bridgehead atoms. The van der Waals surface area contributed by atoms with Crippen LogP contribution in [0.1, 0.15) is 20.3 Å². The van der Waals surface area contributed by atoms with E-state index in [1.807, 2.05) is 13.8 Å². The van der Waals surface area contributed by atoms with Crippen LogP contribution >= 0.6 is 0 Å². The number of nitrogens with one attached hydrogen (secondary N) is 1. The van der Waals surface area contributed by atoms with Gasteiger partial charge in [-0.05, 0) is 54.1 Å². The minimum Gasteiger partial charge on any atom is -0.309 e. The summed E-state index contributed by atoms with van der Waals surface area (Å²) in [5, 5.41) is 12.4. The van der Waals surface area contributed by atoms with Gasteiger partial charge in [0.2, 0.25) is 0 Å². The van der Waals surface area contributed by atoms with Gasteiger partial charge in [-0.3, -0.25) is 5.32 Å². The monoisotopic (exact) mass is 226 g/mol. The zero-order valence-corrected chi connectivity index (χ0v) is 11.4. The van der Waals surface area contributed by atoms with E-state index in [-0.39, 0.29) is 0 Å². The van der Waals surface area contributed by atoms with Gasteiger partial charge >= 0.3 is 0 Å². The molecule has 4 heteroatoms. The van der Waals surface area contributed by atoms with Crippen LogP contribution in [0.2, 0.25) is 0 Å². The molecule has 1 N–H and O–H groups in total. The largest absolute Gasteiger partial charge is 0.309 e. The Labute approximate surface area is 100 Å². The van der Waals surface area contributed by atoms with Crippen LogP contribution in [0.15, 0.2) is 0 Å². The SMILES string of the molecule is CCNC(C)(C#N)CN(C)CCCN(C)C. The molecule has 0 aliphatic heterocycles. The minimum atomic E-state index is -0.429. The standard InChI is InChI=1S/C12H26N4/c1-6-14-12(2,10-13)11-16(5)9-7-8-15(3)4/h14H,6-9,11H2,1-5H3. The molecule has 94 valence electrons. The highest BCUT2D eigenvalue weighted by Crippen LogP contribution is 2.04. The molecule has 0 heterocycles. The fraction of sp³-hybridized carbons (Fsp3) is 0.917. The van der Waals surface area contributed by atoms with Crippen molar-refractivity contribution < 1.29 is 0 Å². The van der Waals surface area contributed by atoms with Gasteiger partial charge in [-0.25, -0.2) is 0 Å². The average molecular weight is 226 g/mol. The van der Waals surface area contributed by atoms with E-state index in [0.29, 0.717) is 0 Å². The fourth-order valence-corrected chi connectivity index (χ4v) is 1.80. The highest BCUT2D eigenvalue weighted by Gasteiger charge is 2.23. The van der Waals surface area contributed by atoms with Crippen LogP contribution < -0.4 is 5.32 Å². The molecule has 4 nitrogen and oxygen atoms in total. The third-order valence-electron chi connectivity index (χ3n) is 2.55. The Bertz CT molecular complexity index is 222. The molecule has 0 aromatic rings. The first-order chi connectivity index (χ1) is 7.43. The lowest BCUT2D eigenvalue weighted by molar-refractivity contribution is 0.248. The molecule has 0 spiro atoms. The van der Waals surface area contributed by atoms with Crippen LogP contribution in [0.25, 0.3) is 0 Å². The van der Waals surface area contributed by atoms with Gasteiger partial charge in [-0.1, -0.05) is 6.92 Å². The second kappa shape index (κ2) is 7.61. The maximum atomic E-state index is 9.13. The van der Waals surface area contributed by atoms with Crippen molar-refractivity contribution in [2.24, 2.45) is 0 Å². The smallest absolute Gasteiger partial charge is 0.116 e. The van der Waals surface area contributed by atoms with Gasteiger partial charge in [-0.15, -0.1) is 0 Å². The molecule has 0 aromatic carbocycles. The van der Waals surface area contributed by atoms with E-state index in [0.717, 1.165) is 32.6 Å². The Morgan fingerprint density at radius 1 is 1.25 bits per heavy atom. The van der Waals surface area contributed by atoms with Crippen LogP contribution in [-0.2, 0) is 0 Å². The predicted octanol–water partition coefficient (Wildman–Crippen LogP) is 0.762. The van der Waals surface area contributed by atoms with Crippen LogP contribution in [0.4, 0.5) is 0 Å². The van der Waals surface area contributed by atoms with E-state index in [9.17, 15) is 0 Å². The van der Waals surface area contributed by atoms with E-state index in [2.05, 4.69) is 42.3 Å². The van der Waals surface area contributed by atoms with Crippen molar-refractivity contribution >= 4 is 0 Å². The molecule has 0 aromatic heterocycles. The van der Waals surface area contributed by atoms with Crippen molar-refractivity contribution in [3.05, 3.63) is 0 Å². The zero-order chi connectivity index (χ0) is 12.6. The highest BCUT2D eigenvalue weighted by atomic mass is 15.1. The molecule has 1 atom stereocenters. The van der Waals surface area contributed by atoms with Crippen molar-refractivity contribution in [1.82, 2.24) is 15.1 Å². The van der Waals surface area contributed by atoms with Crippen molar-refractivity contribution in [3.63, 3.8) is 0 Å². The second-order valence-electron chi connectivity index (χ2n) is 4.87. The number of nitriles is 1. The predicted molar refractivity (Wildman–Crippen MR) is 68.4 cm³/mol. The molecule has 1 unspecified atom stereocenters. The Hall–Kier alpha value is -0.630. The summed E-state index contributed by atoms with van der Waals surface area (Å²) in [4.78, 5) is 4.40. The van der Waals surface area contributed by atoms with Gasteiger partial charge in [0.1, 0.15) is 5.54 Å².